The van der Waals surface area contributed by atoms with Crippen molar-refractivity contribution in [3.8, 4) is 11.5 Å². The lowest BCUT2D eigenvalue weighted by Crippen LogP contribution is -2.40. The molecule has 0 N–H and O–H groups in total. The van der Waals surface area contributed by atoms with E-state index in [-0.39, 0.29) is 17.7 Å². The molecule has 3 aromatic carbocycles. The van der Waals surface area contributed by atoms with Crippen LogP contribution in [-0.2, 0) is 16.1 Å². The van der Waals surface area contributed by atoms with Gasteiger partial charge >= 0.3 is 5.97 Å². The van der Waals surface area contributed by atoms with Crippen molar-refractivity contribution in [3.63, 3.8) is 0 Å². The predicted molar refractivity (Wildman–Crippen MR) is 163 cm³/mol. The number of hydrogen-bond acceptors (Lipinski definition) is 7. The molecule has 4 aromatic rings. The lowest BCUT2D eigenvalue weighted by molar-refractivity contribution is -0.139. The maximum absolute atomic E-state index is 13.9. The second-order valence-electron chi connectivity index (χ2n) is 9.13. The normalized spacial score (nSPS) is 14.9. The van der Waals surface area contributed by atoms with Crippen molar-refractivity contribution >= 4 is 50.9 Å². The molecule has 0 aliphatic carbocycles. The van der Waals surface area contributed by atoms with E-state index in [9.17, 15) is 9.59 Å². The Balaban J connectivity index is 1.60. The number of rotatable bonds is 8. The summed E-state index contributed by atoms with van der Waals surface area (Å²) in [5.41, 5.74) is 2.82. The van der Waals surface area contributed by atoms with E-state index in [1.54, 1.807) is 45.2 Å². The van der Waals surface area contributed by atoms with Gasteiger partial charge < -0.3 is 14.2 Å². The molecule has 1 unspecified atom stereocenters. The van der Waals surface area contributed by atoms with Crippen LogP contribution in [0.3, 0.4) is 0 Å². The van der Waals surface area contributed by atoms with Crippen molar-refractivity contribution < 1.29 is 19.0 Å². The summed E-state index contributed by atoms with van der Waals surface area (Å²) in [6.07, 6.45) is 1.77. The number of ether oxygens (including phenoxy) is 3. The van der Waals surface area contributed by atoms with Gasteiger partial charge in [-0.25, -0.2) is 9.79 Å². The third-order valence-electron chi connectivity index (χ3n) is 6.49. The quantitative estimate of drug-likeness (QED) is 0.225. The zero-order chi connectivity index (χ0) is 29.1. The lowest BCUT2D eigenvalue weighted by Gasteiger charge is -2.25. The number of carbonyl (C=O) groups is 1. The van der Waals surface area contributed by atoms with Crippen LogP contribution in [0.1, 0.15) is 36.6 Å². The zero-order valence-corrected chi connectivity index (χ0v) is 25.7. The van der Waals surface area contributed by atoms with Crippen LogP contribution in [0.25, 0.3) is 6.08 Å². The number of thiazole rings is 1. The predicted octanol–water partition coefficient (Wildman–Crippen LogP) is 5.80. The van der Waals surface area contributed by atoms with Crippen molar-refractivity contribution in [1.82, 2.24) is 4.57 Å². The average Bonchev–Trinajstić information content (AvgIpc) is 3.26. The molecule has 0 bridgehead atoms. The number of esters is 1. The molecule has 10 heteroatoms. The number of allylic oxidation sites excluding steroid dienone is 1. The third-order valence-corrected chi connectivity index (χ3v) is 8.41. The Kier molecular flexibility index (Phi) is 8.77. The highest BCUT2D eigenvalue weighted by molar-refractivity contribution is 9.10. The Morgan fingerprint density at radius 2 is 1.88 bits per heavy atom. The topological polar surface area (TPSA) is 79.1 Å². The number of fused-ring (bicyclic) bond motifs is 1. The Morgan fingerprint density at radius 1 is 1.15 bits per heavy atom. The van der Waals surface area contributed by atoms with E-state index in [0.29, 0.717) is 48.2 Å². The van der Waals surface area contributed by atoms with Crippen LogP contribution in [0.2, 0.25) is 5.02 Å². The van der Waals surface area contributed by atoms with E-state index in [4.69, 9.17) is 25.8 Å². The van der Waals surface area contributed by atoms with Crippen LogP contribution in [0.15, 0.2) is 92.3 Å². The highest BCUT2D eigenvalue weighted by atomic mass is 79.9. The molecule has 0 spiro atoms. The van der Waals surface area contributed by atoms with Gasteiger partial charge in [-0.05, 0) is 70.7 Å². The molecule has 0 saturated carbocycles. The number of benzene rings is 3. The van der Waals surface area contributed by atoms with Crippen LogP contribution in [0, 0.1) is 0 Å². The van der Waals surface area contributed by atoms with Crippen molar-refractivity contribution in [2.45, 2.75) is 26.5 Å². The average molecular weight is 654 g/mol. The van der Waals surface area contributed by atoms with Gasteiger partial charge in [0, 0.05) is 5.02 Å². The molecule has 41 heavy (non-hydrogen) atoms. The van der Waals surface area contributed by atoms with E-state index < -0.39 is 12.0 Å². The van der Waals surface area contributed by atoms with Crippen molar-refractivity contribution in [1.29, 1.82) is 0 Å². The minimum absolute atomic E-state index is 0.192. The minimum atomic E-state index is -0.781. The first-order chi connectivity index (χ1) is 19.8. The number of halogens is 2. The van der Waals surface area contributed by atoms with Gasteiger partial charge in [-0.3, -0.25) is 9.36 Å². The Bertz CT molecular complexity index is 1830. The summed E-state index contributed by atoms with van der Waals surface area (Å²) in [6, 6.07) is 19.9. The molecule has 210 valence electrons. The smallest absolute Gasteiger partial charge is 0.338 e. The van der Waals surface area contributed by atoms with E-state index >= 15 is 0 Å². The zero-order valence-electron chi connectivity index (χ0n) is 22.5. The van der Waals surface area contributed by atoms with Crippen molar-refractivity contribution in [3.05, 3.63) is 124 Å². The molecule has 5 rings (SSSR count). The van der Waals surface area contributed by atoms with Gasteiger partial charge in [0.2, 0.25) is 0 Å². The molecule has 0 radical (unpaired) electrons. The van der Waals surface area contributed by atoms with Crippen LogP contribution in [-0.4, -0.2) is 24.3 Å². The molecule has 0 saturated heterocycles. The Labute approximate surface area is 254 Å². The fourth-order valence-corrected chi connectivity index (χ4v) is 6.49. The second-order valence-corrected chi connectivity index (χ2v) is 11.4. The molecular formula is C31H26BrClN2O5S. The van der Waals surface area contributed by atoms with Gasteiger partial charge in [-0.2, -0.15) is 0 Å². The SMILES string of the molecule is CCOC(=O)C1=C(C)N=c2sc(=Cc3cc(Br)c(OCc4ccccc4)c(OC)c3)c(=O)n2C1c1ccccc1Cl. The molecule has 7 nitrogen and oxygen atoms in total. The van der Waals surface area contributed by atoms with Crippen LogP contribution in [0.5, 0.6) is 11.5 Å². The molecule has 1 aliphatic rings. The molecule has 0 fully saturated rings. The molecule has 1 atom stereocenters. The highest BCUT2D eigenvalue weighted by Gasteiger charge is 2.34. The molecule has 1 aliphatic heterocycles. The largest absolute Gasteiger partial charge is 0.493 e. The number of methoxy groups -OCH3 is 1. The second kappa shape index (κ2) is 12.5. The van der Waals surface area contributed by atoms with E-state index in [0.717, 1.165) is 11.1 Å². The lowest BCUT2D eigenvalue weighted by atomic mass is 9.96. The molecular weight excluding hydrogens is 628 g/mol. The van der Waals surface area contributed by atoms with E-state index in [1.165, 1.54) is 15.9 Å². The van der Waals surface area contributed by atoms with E-state index in [2.05, 4.69) is 20.9 Å². The first kappa shape index (κ1) is 28.9. The fourth-order valence-electron chi connectivity index (χ4n) is 4.63. The maximum Gasteiger partial charge on any atom is 0.338 e. The summed E-state index contributed by atoms with van der Waals surface area (Å²) in [7, 11) is 1.57. The number of hydrogen-bond donors (Lipinski definition) is 0. The fraction of sp³-hybridized carbons (Fsp3) is 0.194. The molecule has 1 aromatic heterocycles. The Hall–Kier alpha value is -3.66. The van der Waals surface area contributed by atoms with Gasteiger partial charge in [-0.1, -0.05) is 71.5 Å². The van der Waals surface area contributed by atoms with Crippen LogP contribution >= 0.6 is 38.9 Å². The van der Waals surface area contributed by atoms with Gasteiger partial charge in [0.15, 0.2) is 16.3 Å². The van der Waals surface area contributed by atoms with Gasteiger partial charge in [0.05, 0.1) is 34.0 Å². The Morgan fingerprint density at radius 3 is 2.59 bits per heavy atom. The molecule has 0 amide bonds. The minimum Gasteiger partial charge on any atom is -0.493 e. The third kappa shape index (κ3) is 5.88. The monoisotopic (exact) mass is 652 g/mol. The number of carbonyl (C=O) groups excluding carboxylic acids is 1. The van der Waals surface area contributed by atoms with Crippen LogP contribution in [0.4, 0.5) is 0 Å². The number of aromatic nitrogens is 1. The van der Waals surface area contributed by atoms with Gasteiger partial charge in [-0.15, -0.1) is 0 Å². The summed E-state index contributed by atoms with van der Waals surface area (Å²) in [6.45, 7) is 4.04. The van der Waals surface area contributed by atoms with Gasteiger partial charge in [0.25, 0.3) is 5.56 Å². The summed E-state index contributed by atoms with van der Waals surface area (Å²) >= 11 is 11.4. The summed E-state index contributed by atoms with van der Waals surface area (Å²) in [5.74, 6) is 0.541. The van der Waals surface area contributed by atoms with Crippen molar-refractivity contribution in [2.24, 2.45) is 4.99 Å². The first-order valence-corrected chi connectivity index (χ1v) is 14.8. The first-order valence-electron chi connectivity index (χ1n) is 12.8. The summed E-state index contributed by atoms with van der Waals surface area (Å²) in [5, 5.41) is 0.434. The summed E-state index contributed by atoms with van der Waals surface area (Å²) < 4.78 is 19.7. The molecule has 2 heterocycles. The summed E-state index contributed by atoms with van der Waals surface area (Å²) in [4.78, 5) is 32.1. The maximum atomic E-state index is 13.9. The highest BCUT2D eigenvalue weighted by Crippen LogP contribution is 2.38. The standard InChI is InChI=1S/C31H26BrClN2O5S/c1-4-39-30(37)26-18(2)34-31-35(27(26)21-12-8-9-13-23(21)33)29(36)25(41-31)16-20-14-22(32)28(24(15-20)38-3)40-17-19-10-6-5-7-11-19/h5-16,27H,4,17H2,1-3H3. The number of nitrogens with zero attached hydrogens (tertiary/aromatic N) is 2. The van der Waals surface area contributed by atoms with Gasteiger partial charge in [0.1, 0.15) is 12.6 Å². The van der Waals surface area contributed by atoms with E-state index in [1.807, 2.05) is 48.5 Å². The van der Waals surface area contributed by atoms with Crippen molar-refractivity contribution in [2.75, 3.05) is 13.7 Å². The van der Waals surface area contributed by atoms with Crippen LogP contribution < -0.4 is 24.4 Å².